The molecule has 102 valence electrons. The highest BCUT2D eigenvalue weighted by Gasteiger charge is 2.20. The van der Waals surface area contributed by atoms with Crippen molar-refractivity contribution in [2.24, 2.45) is 0 Å². The van der Waals surface area contributed by atoms with Gasteiger partial charge in [-0.05, 0) is 27.2 Å². The molecule has 0 aromatic carbocycles. The number of nitrogens with zero attached hydrogens (tertiary/aromatic N) is 4. The summed E-state index contributed by atoms with van der Waals surface area (Å²) in [6, 6.07) is 0. The lowest BCUT2D eigenvalue weighted by molar-refractivity contribution is -0.134. The average Bonchev–Trinajstić information content (AvgIpc) is 2.77. The summed E-state index contributed by atoms with van der Waals surface area (Å²) >= 11 is 0. The molecule has 0 aliphatic heterocycles. The smallest absolute Gasteiger partial charge is 0.222 e. The van der Waals surface area contributed by atoms with Crippen LogP contribution in [-0.4, -0.2) is 49.4 Å². The molecule has 6 heteroatoms. The van der Waals surface area contributed by atoms with Gasteiger partial charge in [-0.2, -0.15) is 5.10 Å². The number of amides is 1. The zero-order valence-corrected chi connectivity index (χ0v) is 11.3. The van der Waals surface area contributed by atoms with Crippen LogP contribution >= 0.6 is 0 Å². The lowest BCUT2D eigenvalue weighted by Gasteiger charge is -2.28. The Morgan fingerprint density at radius 1 is 1.50 bits per heavy atom. The van der Waals surface area contributed by atoms with E-state index in [0.29, 0.717) is 26.1 Å². The number of likely N-dealkylation sites (N-methyl/N-ethyl adjacent to an activating group) is 1. The molecule has 0 atom stereocenters. The molecule has 0 bridgehead atoms. The van der Waals surface area contributed by atoms with Crippen LogP contribution in [0.4, 0.5) is 0 Å². The Morgan fingerprint density at radius 2 is 2.22 bits per heavy atom. The fraction of sp³-hybridized carbons (Fsp3) is 0.750. The molecule has 0 aliphatic rings. The lowest BCUT2D eigenvalue weighted by atomic mass is 10.1. The molecule has 1 heterocycles. The Kier molecular flexibility index (Phi) is 5.27. The second kappa shape index (κ2) is 6.49. The third-order valence-corrected chi connectivity index (χ3v) is 2.56. The minimum Gasteiger partial charge on any atom is -0.389 e. The van der Waals surface area contributed by atoms with E-state index in [0.717, 1.165) is 6.42 Å². The molecule has 0 radical (unpaired) electrons. The van der Waals surface area contributed by atoms with Gasteiger partial charge in [0.15, 0.2) is 0 Å². The zero-order chi connectivity index (χ0) is 13.6. The van der Waals surface area contributed by atoms with Crippen molar-refractivity contribution >= 4 is 5.91 Å². The van der Waals surface area contributed by atoms with Crippen LogP contribution in [0.15, 0.2) is 12.7 Å². The monoisotopic (exact) mass is 254 g/mol. The highest BCUT2D eigenvalue weighted by molar-refractivity contribution is 5.76. The largest absolute Gasteiger partial charge is 0.389 e. The quantitative estimate of drug-likeness (QED) is 0.776. The molecule has 0 unspecified atom stereocenters. The van der Waals surface area contributed by atoms with Crippen molar-refractivity contribution in [3.8, 4) is 0 Å². The summed E-state index contributed by atoms with van der Waals surface area (Å²) in [4.78, 5) is 17.5. The third-order valence-electron chi connectivity index (χ3n) is 2.56. The van der Waals surface area contributed by atoms with Crippen molar-refractivity contribution < 1.29 is 9.90 Å². The van der Waals surface area contributed by atoms with Crippen LogP contribution in [0, 0.1) is 0 Å². The predicted octanol–water partition coefficient (Wildman–Crippen LogP) is 0.678. The fourth-order valence-electron chi connectivity index (χ4n) is 1.74. The van der Waals surface area contributed by atoms with Gasteiger partial charge in [0, 0.05) is 26.1 Å². The summed E-state index contributed by atoms with van der Waals surface area (Å²) in [7, 11) is 0. The van der Waals surface area contributed by atoms with Crippen molar-refractivity contribution in [2.75, 3.05) is 13.1 Å². The summed E-state index contributed by atoms with van der Waals surface area (Å²) in [5.74, 6) is 0.0692. The molecule has 1 aromatic heterocycles. The van der Waals surface area contributed by atoms with Gasteiger partial charge in [0.1, 0.15) is 12.7 Å². The van der Waals surface area contributed by atoms with Crippen molar-refractivity contribution in [3.05, 3.63) is 12.7 Å². The van der Waals surface area contributed by atoms with Crippen molar-refractivity contribution in [3.63, 3.8) is 0 Å². The fourth-order valence-corrected chi connectivity index (χ4v) is 1.74. The summed E-state index contributed by atoms with van der Waals surface area (Å²) in [5.41, 5.74) is -0.850. The minimum absolute atomic E-state index is 0.0692. The average molecular weight is 254 g/mol. The van der Waals surface area contributed by atoms with E-state index in [1.165, 1.54) is 6.33 Å². The topological polar surface area (TPSA) is 71.2 Å². The first-order valence-corrected chi connectivity index (χ1v) is 6.25. The van der Waals surface area contributed by atoms with Crippen LogP contribution in [0.25, 0.3) is 0 Å². The first-order valence-electron chi connectivity index (χ1n) is 6.25. The van der Waals surface area contributed by atoms with Gasteiger partial charge in [-0.15, -0.1) is 0 Å². The highest BCUT2D eigenvalue weighted by atomic mass is 16.3. The maximum absolute atomic E-state index is 11.9. The summed E-state index contributed by atoms with van der Waals surface area (Å²) in [6.45, 7) is 7.00. The minimum atomic E-state index is -0.850. The lowest BCUT2D eigenvalue weighted by Crippen LogP contribution is -2.42. The normalized spacial score (nSPS) is 11.6. The molecule has 0 fully saturated rings. The molecular weight excluding hydrogens is 232 g/mol. The number of carbonyl (C=O) groups is 1. The molecular formula is C12H22N4O2. The number of rotatable bonds is 7. The first-order chi connectivity index (χ1) is 8.42. The molecule has 6 nitrogen and oxygen atoms in total. The molecule has 1 aromatic rings. The molecule has 18 heavy (non-hydrogen) atoms. The van der Waals surface area contributed by atoms with Crippen molar-refractivity contribution in [1.29, 1.82) is 0 Å². The summed E-state index contributed by atoms with van der Waals surface area (Å²) in [6.07, 6.45) is 4.31. The molecule has 0 saturated carbocycles. The van der Waals surface area contributed by atoms with E-state index in [-0.39, 0.29) is 5.91 Å². The van der Waals surface area contributed by atoms with E-state index in [2.05, 4.69) is 10.1 Å². The summed E-state index contributed by atoms with van der Waals surface area (Å²) < 4.78 is 1.71. The van der Waals surface area contributed by atoms with Crippen LogP contribution in [0.3, 0.4) is 0 Å². The second-order valence-corrected chi connectivity index (χ2v) is 4.98. The Bertz CT molecular complexity index is 357. The van der Waals surface area contributed by atoms with E-state index >= 15 is 0 Å². The van der Waals surface area contributed by atoms with Gasteiger partial charge in [-0.25, -0.2) is 4.98 Å². The number of aliphatic hydroxyl groups is 1. The number of aromatic nitrogens is 3. The van der Waals surface area contributed by atoms with Crippen LogP contribution in [0.5, 0.6) is 0 Å². The number of aryl methyl sites for hydroxylation is 1. The van der Waals surface area contributed by atoms with Gasteiger partial charge in [-0.3, -0.25) is 9.48 Å². The Morgan fingerprint density at radius 3 is 2.72 bits per heavy atom. The molecule has 0 saturated heterocycles. The van der Waals surface area contributed by atoms with Gasteiger partial charge in [0.25, 0.3) is 0 Å². The van der Waals surface area contributed by atoms with E-state index in [1.807, 2.05) is 6.92 Å². The number of carbonyl (C=O) groups excluding carboxylic acids is 1. The maximum atomic E-state index is 11.9. The van der Waals surface area contributed by atoms with Crippen molar-refractivity contribution in [1.82, 2.24) is 19.7 Å². The van der Waals surface area contributed by atoms with Gasteiger partial charge < -0.3 is 10.0 Å². The Hall–Kier alpha value is -1.43. The molecule has 1 N–H and O–H groups in total. The maximum Gasteiger partial charge on any atom is 0.222 e. The molecule has 0 aliphatic carbocycles. The second-order valence-electron chi connectivity index (χ2n) is 4.98. The highest BCUT2D eigenvalue weighted by Crippen LogP contribution is 2.07. The van der Waals surface area contributed by atoms with E-state index in [9.17, 15) is 9.90 Å². The van der Waals surface area contributed by atoms with E-state index in [1.54, 1.807) is 29.8 Å². The Balaban J connectivity index is 2.33. The van der Waals surface area contributed by atoms with E-state index in [4.69, 9.17) is 0 Å². The third kappa shape index (κ3) is 5.27. The van der Waals surface area contributed by atoms with Crippen molar-refractivity contribution in [2.45, 2.75) is 45.8 Å². The number of hydrogen-bond acceptors (Lipinski definition) is 4. The molecule has 1 amide bonds. The molecule has 1 rings (SSSR count). The van der Waals surface area contributed by atoms with Crippen LogP contribution in [-0.2, 0) is 11.3 Å². The SMILES string of the molecule is CCN(CC(C)(C)O)C(=O)CCCn1cncn1. The predicted molar refractivity (Wildman–Crippen MR) is 67.8 cm³/mol. The van der Waals surface area contributed by atoms with Gasteiger partial charge in [0.2, 0.25) is 5.91 Å². The van der Waals surface area contributed by atoms with Gasteiger partial charge in [-0.1, -0.05) is 0 Å². The Labute approximate surface area is 108 Å². The standard InChI is InChI=1S/C12H22N4O2/c1-4-15(8-12(2,3)18)11(17)6-5-7-16-10-13-9-14-16/h9-10,18H,4-8H2,1-3H3. The number of hydrogen-bond donors (Lipinski definition) is 1. The van der Waals surface area contributed by atoms with Crippen LogP contribution < -0.4 is 0 Å². The van der Waals surface area contributed by atoms with Crippen LogP contribution in [0.2, 0.25) is 0 Å². The summed E-state index contributed by atoms with van der Waals surface area (Å²) in [5, 5.41) is 13.7. The zero-order valence-electron chi connectivity index (χ0n) is 11.3. The first kappa shape index (κ1) is 14.6. The van der Waals surface area contributed by atoms with Gasteiger partial charge in [0.05, 0.1) is 5.60 Å². The van der Waals surface area contributed by atoms with Crippen LogP contribution in [0.1, 0.15) is 33.6 Å². The van der Waals surface area contributed by atoms with Gasteiger partial charge >= 0.3 is 0 Å². The van der Waals surface area contributed by atoms with E-state index < -0.39 is 5.60 Å². The molecule has 0 spiro atoms.